The number of amides is 1. The quantitative estimate of drug-likeness (QED) is 0.771. The first-order valence-corrected chi connectivity index (χ1v) is 7.16. The summed E-state index contributed by atoms with van der Waals surface area (Å²) >= 11 is 0. The summed E-state index contributed by atoms with van der Waals surface area (Å²) in [4.78, 5) is 25.0. The van der Waals surface area contributed by atoms with Gasteiger partial charge >= 0.3 is 12.1 Å². The summed E-state index contributed by atoms with van der Waals surface area (Å²) in [5.41, 5.74) is 1.31. The highest BCUT2D eigenvalue weighted by Crippen LogP contribution is 2.29. The molecular weight excluding hydrogens is 327 g/mol. The largest absolute Gasteiger partial charge is 0.490 e. The van der Waals surface area contributed by atoms with E-state index in [0.717, 1.165) is 0 Å². The minimum absolute atomic E-state index is 0.194. The van der Waals surface area contributed by atoms with Crippen LogP contribution in [0.15, 0.2) is 18.2 Å². The Morgan fingerprint density at radius 2 is 2.17 bits per heavy atom. The number of benzene rings is 1. The fourth-order valence-corrected chi connectivity index (χ4v) is 2.99. The van der Waals surface area contributed by atoms with Gasteiger partial charge in [0.2, 0.25) is 0 Å². The van der Waals surface area contributed by atoms with E-state index in [4.69, 9.17) is 5.26 Å². The van der Waals surface area contributed by atoms with Crippen LogP contribution in [0.5, 0.6) is 0 Å². The number of esters is 1. The maximum Gasteiger partial charge on any atom is 0.490 e. The molecule has 0 saturated carbocycles. The number of halogens is 3. The SMILES string of the molecule is N#Cc1ccc2c(c1)CC1C(OC(=O)C(F)(F)F)NCCN1C2=O. The number of carbonyl (C=O) groups is 2. The number of nitrogens with zero attached hydrogens (tertiary/aromatic N) is 2. The average Bonchev–Trinajstić information content (AvgIpc) is 2.54. The molecule has 0 spiro atoms. The third-order valence-electron chi connectivity index (χ3n) is 4.07. The van der Waals surface area contributed by atoms with E-state index in [1.807, 2.05) is 6.07 Å². The zero-order chi connectivity index (χ0) is 17.5. The van der Waals surface area contributed by atoms with Crippen molar-refractivity contribution in [2.45, 2.75) is 24.9 Å². The van der Waals surface area contributed by atoms with Crippen LogP contribution in [0.25, 0.3) is 0 Å². The molecule has 2 heterocycles. The van der Waals surface area contributed by atoms with E-state index in [-0.39, 0.29) is 18.9 Å². The third kappa shape index (κ3) is 2.80. The van der Waals surface area contributed by atoms with Crippen LogP contribution in [0.2, 0.25) is 0 Å². The fraction of sp³-hybridized carbons (Fsp3) is 0.400. The van der Waals surface area contributed by atoms with E-state index >= 15 is 0 Å². The van der Waals surface area contributed by atoms with Gasteiger partial charge in [0.25, 0.3) is 5.91 Å². The molecule has 2 atom stereocenters. The molecule has 2 aliphatic rings. The van der Waals surface area contributed by atoms with Gasteiger partial charge in [-0.15, -0.1) is 0 Å². The second kappa shape index (κ2) is 5.79. The van der Waals surface area contributed by atoms with Crippen molar-refractivity contribution in [2.75, 3.05) is 13.1 Å². The molecule has 0 radical (unpaired) electrons. The topological polar surface area (TPSA) is 82.4 Å². The lowest BCUT2D eigenvalue weighted by atomic mass is 9.90. The van der Waals surface area contributed by atoms with Gasteiger partial charge in [-0.2, -0.15) is 18.4 Å². The number of alkyl halides is 3. The average molecular weight is 339 g/mol. The van der Waals surface area contributed by atoms with Crippen LogP contribution in [0.1, 0.15) is 21.5 Å². The first kappa shape index (κ1) is 16.3. The maximum atomic E-state index is 12.5. The summed E-state index contributed by atoms with van der Waals surface area (Å²) < 4.78 is 41.8. The molecule has 1 fully saturated rings. The van der Waals surface area contributed by atoms with Crippen molar-refractivity contribution < 1.29 is 27.5 Å². The number of ether oxygens (including phenoxy) is 1. The highest BCUT2D eigenvalue weighted by molar-refractivity contribution is 5.97. The summed E-state index contributed by atoms with van der Waals surface area (Å²) in [7, 11) is 0. The van der Waals surface area contributed by atoms with Gasteiger partial charge in [0.15, 0.2) is 6.23 Å². The van der Waals surface area contributed by atoms with Crippen molar-refractivity contribution in [3.05, 3.63) is 34.9 Å². The first-order chi connectivity index (χ1) is 11.3. The molecule has 1 N–H and O–H groups in total. The number of nitriles is 1. The van der Waals surface area contributed by atoms with Gasteiger partial charge in [0.05, 0.1) is 17.7 Å². The standard InChI is InChI=1S/C15H12F3N3O3/c16-15(17,18)14(23)24-12-11-6-9-5-8(7-19)1-2-10(9)13(22)21(11)4-3-20-12/h1-2,5,11-12,20H,3-4,6H2. The third-order valence-corrected chi connectivity index (χ3v) is 4.07. The summed E-state index contributed by atoms with van der Waals surface area (Å²) in [6, 6.07) is 5.78. The molecular formula is C15H12F3N3O3. The lowest BCUT2D eigenvalue weighted by Gasteiger charge is -2.44. The van der Waals surface area contributed by atoms with Crippen molar-refractivity contribution in [1.82, 2.24) is 10.2 Å². The number of hydrogen-bond donors (Lipinski definition) is 1. The molecule has 0 aliphatic carbocycles. The summed E-state index contributed by atoms with van der Waals surface area (Å²) in [5.74, 6) is -2.65. The van der Waals surface area contributed by atoms with Gasteiger partial charge in [-0.3, -0.25) is 10.1 Å². The number of piperazine rings is 1. The predicted molar refractivity (Wildman–Crippen MR) is 73.6 cm³/mol. The van der Waals surface area contributed by atoms with Gasteiger partial charge in [0.1, 0.15) is 0 Å². The summed E-state index contributed by atoms with van der Waals surface area (Å²) in [6.07, 6.45) is -6.16. The molecule has 0 bridgehead atoms. The first-order valence-electron chi connectivity index (χ1n) is 7.16. The van der Waals surface area contributed by atoms with Crippen LogP contribution < -0.4 is 5.32 Å². The zero-order valence-corrected chi connectivity index (χ0v) is 12.3. The molecule has 1 amide bonds. The Labute approximate surface area is 134 Å². The van der Waals surface area contributed by atoms with Crippen molar-refractivity contribution in [3.8, 4) is 6.07 Å². The molecule has 1 aromatic rings. The van der Waals surface area contributed by atoms with E-state index in [1.165, 1.54) is 23.1 Å². The maximum absolute atomic E-state index is 12.5. The Morgan fingerprint density at radius 1 is 1.42 bits per heavy atom. The number of nitrogens with one attached hydrogen (secondary N) is 1. The Hall–Kier alpha value is -2.60. The van der Waals surface area contributed by atoms with Gasteiger partial charge in [-0.05, 0) is 30.2 Å². The minimum atomic E-state index is -5.10. The molecule has 0 aromatic heterocycles. The molecule has 6 nitrogen and oxygen atoms in total. The molecule has 126 valence electrons. The van der Waals surface area contributed by atoms with E-state index in [1.54, 1.807) is 0 Å². The lowest BCUT2D eigenvalue weighted by molar-refractivity contribution is -0.210. The summed E-state index contributed by atoms with van der Waals surface area (Å²) in [5, 5.41) is 11.6. The van der Waals surface area contributed by atoms with Gasteiger partial charge in [-0.1, -0.05) is 0 Å². The van der Waals surface area contributed by atoms with Crippen molar-refractivity contribution in [1.29, 1.82) is 5.26 Å². The second-order valence-corrected chi connectivity index (χ2v) is 5.53. The Balaban J connectivity index is 1.89. The number of carbonyl (C=O) groups excluding carboxylic acids is 2. The van der Waals surface area contributed by atoms with Crippen molar-refractivity contribution >= 4 is 11.9 Å². The minimum Gasteiger partial charge on any atom is -0.438 e. The normalized spacial score (nSPS) is 23.1. The molecule has 24 heavy (non-hydrogen) atoms. The van der Waals surface area contributed by atoms with E-state index in [0.29, 0.717) is 23.2 Å². The van der Waals surface area contributed by atoms with Gasteiger partial charge in [-0.25, -0.2) is 4.79 Å². The molecule has 1 aromatic carbocycles. The number of fused-ring (bicyclic) bond motifs is 2. The second-order valence-electron chi connectivity index (χ2n) is 5.53. The predicted octanol–water partition coefficient (Wildman–Crippen LogP) is 0.960. The van der Waals surface area contributed by atoms with Gasteiger partial charge < -0.3 is 9.64 Å². The lowest BCUT2D eigenvalue weighted by Crippen LogP contribution is -2.63. The molecule has 2 aliphatic heterocycles. The van der Waals surface area contributed by atoms with Crippen LogP contribution in [-0.2, 0) is 16.0 Å². The molecule has 1 saturated heterocycles. The highest BCUT2D eigenvalue weighted by atomic mass is 19.4. The monoisotopic (exact) mass is 339 g/mol. The highest BCUT2D eigenvalue weighted by Gasteiger charge is 2.46. The van der Waals surface area contributed by atoms with Gasteiger partial charge in [0, 0.05) is 18.7 Å². The van der Waals surface area contributed by atoms with Crippen molar-refractivity contribution in [3.63, 3.8) is 0 Å². The van der Waals surface area contributed by atoms with Crippen LogP contribution in [-0.4, -0.2) is 48.3 Å². The van der Waals surface area contributed by atoms with E-state index in [9.17, 15) is 22.8 Å². The fourth-order valence-electron chi connectivity index (χ4n) is 2.99. The van der Waals surface area contributed by atoms with Crippen LogP contribution >= 0.6 is 0 Å². The van der Waals surface area contributed by atoms with Crippen LogP contribution in [0.3, 0.4) is 0 Å². The number of rotatable bonds is 1. The Kier molecular flexibility index (Phi) is 3.93. The summed E-state index contributed by atoms with van der Waals surface area (Å²) in [6.45, 7) is 0.507. The van der Waals surface area contributed by atoms with E-state index < -0.39 is 24.4 Å². The number of hydrogen-bond acceptors (Lipinski definition) is 5. The smallest absolute Gasteiger partial charge is 0.438 e. The van der Waals surface area contributed by atoms with Crippen LogP contribution in [0.4, 0.5) is 13.2 Å². The zero-order valence-electron chi connectivity index (χ0n) is 12.3. The molecule has 9 heteroatoms. The van der Waals surface area contributed by atoms with Crippen LogP contribution in [0, 0.1) is 11.3 Å². The van der Waals surface area contributed by atoms with Crippen molar-refractivity contribution in [2.24, 2.45) is 0 Å². The molecule has 3 rings (SSSR count). The Morgan fingerprint density at radius 3 is 2.83 bits per heavy atom. The Bertz CT molecular complexity index is 742. The molecule has 2 unspecified atom stereocenters. The van der Waals surface area contributed by atoms with E-state index in [2.05, 4.69) is 10.1 Å².